The van der Waals surface area contributed by atoms with E-state index >= 15 is 0 Å². The van der Waals surface area contributed by atoms with Crippen molar-refractivity contribution in [2.24, 2.45) is 0 Å². The van der Waals surface area contributed by atoms with E-state index in [1.54, 1.807) is 12.1 Å². The lowest BCUT2D eigenvalue weighted by molar-refractivity contribution is 0.102. The third-order valence-corrected chi connectivity index (χ3v) is 2.93. The highest BCUT2D eigenvalue weighted by atomic mass is 16.5. The van der Waals surface area contributed by atoms with E-state index in [2.05, 4.69) is 27.5 Å². The fourth-order valence-corrected chi connectivity index (χ4v) is 1.87. The summed E-state index contributed by atoms with van der Waals surface area (Å²) in [4.78, 5) is 20.4. The summed E-state index contributed by atoms with van der Waals surface area (Å²) >= 11 is 0. The molecule has 0 aliphatic carbocycles. The van der Waals surface area contributed by atoms with Gasteiger partial charge in [0.2, 0.25) is 5.95 Å². The van der Waals surface area contributed by atoms with E-state index in [1.807, 2.05) is 26.0 Å². The molecular weight excluding hydrogens is 292 g/mol. The number of nitrogens with one attached hydrogen (secondary N) is 2. The summed E-state index contributed by atoms with van der Waals surface area (Å²) in [6.07, 6.45) is 4.13. The third kappa shape index (κ3) is 5.25. The summed E-state index contributed by atoms with van der Waals surface area (Å²) in [6.45, 7) is 6.80. The van der Waals surface area contributed by atoms with Gasteiger partial charge in [-0.1, -0.05) is 6.92 Å². The van der Waals surface area contributed by atoms with Gasteiger partial charge < -0.3 is 15.4 Å². The van der Waals surface area contributed by atoms with Crippen molar-refractivity contribution >= 4 is 17.5 Å². The zero-order valence-electron chi connectivity index (χ0n) is 13.7. The van der Waals surface area contributed by atoms with Gasteiger partial charge in [-0.15, -0.1) is 0 Å². The standard InChI is InChI=1S/C17H22N4O2/c1-4-9-18-17-19-10-13(11-20-17)16(22)21-14-5-7-15(8-6-14)23-12(2)3/h5-8,10-12H,4,9H2,1-3H3,(H,21,22)(H,18,19,20). The number of hydrogen-bond acceptors (Lipinski definition) is 5. The molecule has 1 aromatic heterocycles. The molecule has 0 bridgehead atoms. The molecule has 0 atom stereocenters. The lowest BCUT2D eigenvalue weighted by atomic mass is 10.2. The molecule has 6 heteroatoms. The number of benzene rings is 1. The van der Waals surface area contributed by atoms with Gasteiger partial charge in [-0.05, 0) is 44.5 Å². The van der Waals surface area contributed by atoms with E-state index in [1.165, 1.54) is 12.4 Å². The molecule has 6 nitrogen and oxygen atoms in total. The van der Waals surface area contributed by atoms with Gasteiger partial charge in [0.05, 0.1) is 11.7 Å². The van der Waals surface area contributed by atoms with Crippen LogP contribution in [0.4, 0.5) is 11.6 Å². The number of anilines is 2. The molecule has 0 unspecified atom stereocenters. The van der Waals surface area contributed by atoms with Crippen molar-refractivity contribution in [3.8, 4) is 5.75 Å². The molecule has 0 spiro atoms. The van der Waals surface area contributed by atoms with Crippen molar-refractivity contribution in [2.45, 2.75) is 33.3 Å². The predicted octanol–water partition coefficient (Wildman–Crippen LogP) is 3.34. The van der Waals surface area contributed by atoms with E-state index in [4.69, 9.17) is 4.74 Å². The molecule has 0 radical (unpaired) electrons. The first-order chi connectivity index (χ1) is 11.1. The van der Waals surface area contributed by atoms with E-state index in [0.29, 0.717) is 17.2 Å². The summed E-state index contributed by atoms with van der Waals surface area (Å²) in [5.41, 5.74) is 1.11. The molecule has 1 heterocycles. The second-order valence-corrected chi connectivity index (χ2v) is 5.37. The Bertz CT molecular complexity index is 624. The lowest BCUT2D eigenvalue weighted by Gasteiger charge is -2.10. The first kappa shape index (κ1) is 16.7. The Balaban J connectivity index is 1.95. The Morgan fingerprint density at radius 1 is 1.17 bits per heavy atom. The number of carbonyl (C=O) groups is 1. The largest absolute Gasteiger partial charge is 0.491 e. The molecule has 1 amide bonds. The Morgan fingerprint density at radius 2 is 1.83 bits per heavy atom. The second-order valence-electron chi connectivity index (χ2n) is 5.37. The lowest BCUT2D eigenvalue weighted by Crippen LogP contribution is -2.13. The zero-order valence-corrected chi connectivity index (χ0v) is 13.7. The van der Waals surface area contributed by atoms with Crippen LogP contribution in [0.2, 0.25) is 0 Å². The zero-order chi connectivity index (χ0) is 16.7. The quantitative estimate of drug-likeness (QED) is 0.819. The van der Waals surface area contributed by atoms with Crippen LogP contribution in [-0.4, -0.2) is 28.5 Å². The van der Waals surface area contributed by atoms with Crippen LogP contribution in [0.3, 0.4) is 0 Å². The van der Waals surface area contributed by atoms with Crippen molar-refractivity contribution in [2.75, 3.05) is 17.2 Å². The van der Waals surface area contributed by atoms with Gasteiger partial charge in [0.1, 0.15) is 5.75 Å². The van der Waals surface area contributed by atoms with Crippen molar-refractivity contribution in [3.05, 3.63) is 42.2 Å². The highest BCUT2D eigenvalue weighted by molar-refractivity contribution is 6.03. The first-order valence-electron chi connectivity index (χ1n) is 7.72. The maximum atomic E-state index is 12.2. The fraction of sp³-hybridized carbons (Fsp3) is 0.353. The van der Waals surface area contributed by atoms with Gasteiger partial charge in [0.15, 0.2) is 0 Å². The van der Waals surface area contributed by atoms with Crippen LogP contribution < -0.4 is 15.4 Å². The Kier molecular flexibility index (Phi) is 5.91. The second kappa shape index (κ2) is 8.12. The van der Waals surface area contributed by atoms with Crippen LogP contribution in [0.1, 0.15) is 37.6 Å². The van der Waals surface area contributed by atoms with Crippen LogP contribution in [0.15, 0.2) is 36.7 Å². The molecule has 0 aliphatic rings. The minimum absolute atomic E-state index is 0.118. The van der Waals surface area contributed by atoms with E-state index in [-0.39, 0.29) is 12.0 Å². The van der Waals surface area contributed by atoms with E-state index < -0.39 is 0 Å². The molecule has 0 aliphatic heterocycles. The summed E-state index contributed by atoms with van der Waals surface area (Å²) in [5.74, 6) is 1.05. The van der Waals surface area contributed by atoms with Gasteiger partial charge in [0, 0.05) is 24.6 Å². The van der Waals surface area contributed by atoms with Gasteiger partial charge in [-0.2, -0.15) is 0 Å². The fourth-order valence-electron chi connectivity index (χ4n) is 1.87. The normalized spacial score (nSPS) is 10.4. The van der Waals surface area contributed by atoms with Crippen LogP contribution in [0.25, 0.3) is 0 Å². The van der Waals surface area contributed by atoms with Gasteiger partial charge in [-0.3, -0.25) is 4.79 Å². The number of rotatable bonds is 7. The number of nitrogens with zero attached hydrogens (tertiary/aromatic N) is 2. The summed E-state index contributed by atoms with van der Waals surface area (Å²) in [7, 11) is 0. The third-order valence-electron chi connectivity index (χ3n) is 2.93. The average Bonchev–Trinajstić information content (AvgIpc) is 2.54. The smallest absolute Gasteiger partial charge is 0.258 e. The Labute approximate surface area is 136 Å². The maximum Gasteiger partial charge on any atom is 0.258 e. The molecule has 2 N–H and O–H groups in total. The Hall–Kier alpha value is -2.63. The predicted molar refractivity (Wildman–Crippen MR) is 91.0 cm³/mol. The van der Waals surface area contributed by atoms with Crippen LogP contribution >= 0.6 is 0 Å². The average molecular weight is 314 g/mol. The minimum Gasteiger partial charge on any atom is -0.491 e. The van der Waals surface area contributed by atoms with Crippen LogP contribution in [0.5, 0.6) is 5.75 Å². The molecule has 122 valence electrons. The highest BCUT2D eigenvalue weighted by Crippen LogP contribution is 2.17. The number of hydrogen-bond donors (Lipinski definition) is 2. The number of amides is 1. The molecule has 1 aromatic carbocycles. The number of ether oxygens (including phenoxy) is 1. The first-order valence-corrected chi connectivity index (χ1v) is 7.72. The summed E-state index contributed by atoms with van der Waals surface area (Å²) in [6, 6.07) is 7.25. The topological polar surface area (TPSA) is 76.1 Å². The molecule has 23 heavy (non-hydrogen) atoms. The van der Waals surface area contributed by atoms with Crippen molar-refractivity contribution in [1.82, 2.24) is 9.97 Å². The van der Waals surface area contributed by atoms with Gasteiger partial charge in [0.25, 0.3) is 5.91 Å². The van der Waals surface area contributed by atoms with Crippen molar-refractivity contribution < 1.29 is 9.53 Å². The maximum absolute atomic E-state index is 12.2. The van der Waals surface area contributed by atoms with E-state index in [9.17, 15) is 4.79 Å². The summed E-state index contributed by atoms with van der Waals surface area (Å²) < 4.78 is 5.56. The molecule has 0 saturated carbocycles. The SMILES string of the molecule is CCCNc1ncc(C(=O)Nc2ccc(OC(C)C)cc2)cn1. The number of aromatic nitrogens is 2. The van der Waals surface area contributed by atoms with Crippen LogP contribution in [0, 0.1) is 0 Å². The molecule has 0 saturated heterocycles. The molecule has 0 fully saturated rings. The summed E-state index contributed by atoms with van der Waals surface area (Å²) in [5, 5.41) is 5.87. The molecule has 2 aromatic rings. The highest BCUT2D eigenvalue weighted by Gasteiger charge is 2.08. The van der Waals surface area contributed by atoms with Crippen molar-refractivity contribution in [3.63, 3.8) is 0 Å². The Morgan fingerprint density at radius 3 is 2.39 bits per heavy atom. The van der Waals surface area contributed by atoms with E-state index in [0.717, 1.165) is 18.7 Å². The van der Waals surface area contributed by atoms with Crippen LogP contribution in [-0.2, 0) is 0 Å². The number of carbonyl (C=O) groups excluding carboxylic acids is 1. The van der Waals surface area contributed by atoms with Gasteiger partial charge >= 0.3 is 0 Å². The van der Waals surface area contributed by atoms with Crippen molar-refractivity contribution in [1.29, 1.82) is 0 Å². The van der Waals surface area contributed by atoms with Gasteiger partial charge in [-0.25, -0.2) is 9.97 Å². The monoisotopic (exact) mass is 314 g/mol. The minimum atomic E-state index is -0.246. The molecular formula is C17H22N4O2. The molecule has 2 rings (SSSR count).